The summed E-state index contributed by atoms with van der Waals surface area (Å²) in [6.45, 7) is 0. The Morgan fingerprint density at radius 1 is 1.08 bits per heavy atom. The van der Waals surface area contributed by atoms with E-state index < -0.39 is 0 Å². The molecular formula is C8H11N3S. The molecule has 0 fully saturated rings. The lowest BCUT2D eigenvalue weighted by molar-refractivity contribution is 1.44. The summed E-state index contributed by atoms with van der Waals surface area (Å²) in [5, 5.41) is 5.71. The van der Waals surface area contributed by atoms with Crippen LogP contribution in [-0.4, -0.2) is 0 Å². The van der Waals surface area contributed by atoms with Gasteiger partial charge in [0.05, 0.1) is 5.70 Å². The second kappa shape index (κ2) is 4.04. The number of nitrogens with two attached hydrogens (primary N) is 3. The van der Waals surface area contributed by atoms with E-state index in [9.17, 15) is 0 Å². The highest BCUT2D eigenvalue weighted by molar-refractivity contribution is 8.01. The maximum absolute atomic E-state index is 5.70. The van der Waals surface area contributed by atoms with Crippen LogP contribution < -0.4 is 16.6 Å². The Morgan fingerprint density at radius 2 is 1.67 bits per heavy atom. The molecule has 0 bridgehead atoms. The molecule has 0 atom stereocenters. The highest BCUT2D eigenvalue weighted by Gasteiger charge is 1.99. The average Bonchev–Trinajstić information content (AvgIpc) is 2.17. The summed E-state index contributed by atoms with van der Waals surface area (Å²) in [7, 11) is 0. The third-order valence-corrected chi connectivity index (χ3v) is 1.95. The van der Waals surface area contributed by atoms with Crippen molar-refractivity contribution in [2.24, 2.45) is 16.6 Å². The highest BCUT2D eigenvalue weighted by atomic mass is 32.2. The average molecular weight is 181 g/mol. The van der Waals surface area contributed by atoms with Gasteiger partial charge in [0.25, 0.3) is 0 Å². The van der Waals surface area contributed by atoms with E-state index in [1.807, 2.05) is 30.3 Å². The third kappa shape index (κ3) is 1.93. The van der Waals surface area contributed by atoms with E-state index in [4.69, 9.17) is 16.6 Å². The van der Waals surface area contributed by atoms with Crippen molar-refractivity contribution in [2.75, 3.05) is 0 Å². The molecule has 6 N–H and O–H groups in total. The second-order valence-electron chi connectivity index (χ2n) is 2.26. The zero-order valence-electron chi connectivity index (χ0n) is 6.53. The SMILES string of the molecule is NS/C(N)=C(\N)c1ccccc1. The van der Waals surface area contributed by atoms with Crippen molar-refractivity contribution in [1.29, 1.82) is 0 Å². The van der Waals surface area contributed by atoms with Crippen LogP contribution in [0.25, 0.3) is 5.70 Å². The predicted octanol–water partition coefficient (Wildman–Crippen LogP) is 0.837. The maximum Gasteiger partial charge on any atom is 0.104 e. The predicted molar refractivity (Wildman–Crippen MR) is 53.5 cm³/mol. The number of hydrogen-bond donors (Lipinski definition) is 3. The summed E-state index contributed by atoms with van der Waals surface area (Å²) in [5.74, 6) is 0. The molecule has 12 heavy (non-hydrogen) atoms. The standard InChI is InChI=1S/C8H11N3S/c9-7(8(10)12-11)6-4-2-1-3-5-6/h1-5H,9-11H2/b8-7-. The van der Waals surface area contributed by atoms with Crippen molar-refractivity contribution in [3.05, 3.63) is 40.9 Å². The number of rotatable bonds is 2. The minimum atomic E-state index is 0.446. The van der Waals surface area contributed by atoms with E-state index in [1.54, 1.807) is 0 Å². The fraction of sp³-hybridized carbons (Fsp3) is 0. The molecule has 0 aliphatic carbocycles. The highest BCUT2D eigenvalue weighted by Crippen LogP contribution is 2.14. The molecule has 0 saturated heterocycles. The molecular weight excluding hydrogens is 170 g/mol. The normalized spacial score (nSPS) is 12.4. The van der Waals surface area contributed by atoms with Gasteiger partial charge in [0.1, 0.15) is 5.03 Å². The van der Waals surface area contributed by atoms with E-state index in [2.05, 4.69) is 0 Å². The first-order valence-electron chi connectivity index (χ1n) is 3.43. The Hall–Kier alpha value is -1.13. The smallest absolute Gasteiger partial charge is 0.104 e. The minimum Gasteiger partial charge on any atom is -0.396 e. The van der Waals surface area contributed by atoms with Crippen LogP contribution in [0.1, 0.15) is 5.56 Å². The first-order chi connectivity index (χ1) is 5.75. The third-order valence-electron chi connectivity index (χ3n) is 1.48. The van der Waals surface area contributed by atoms with Crippen molar-refractivity contribution in [3.8, 4) is 0 Å². The number of hydrogen-bond acceptors (Lipinski definition) is 4. The molecule has 0 aliphatic rings. The fourth-order valence-corrected chi connectivity index (χ4v) is 1.07. The van der Waals surface area contributed by atoms with Crippen LogP contribution in [-0.2, 0) is 0 Å². The molecule has 0 aliphatic heterocycles. The van der Waals surface area contributed by atoms with Crippen LogP contribution in [0.4, 0.5) is 0 Å². The lowest BCUT2D eigenvalue weighted by Gasteiger charge is -2.03. The van der Waals surface area contributed by atoms with Crippen LogP contribution in [0.5, 0.6) is 0 Å². The molecule has 0 heterocycles. The van der Waals surface area contributed by atoms with Gasteiger partial charge in [-0.2, -0.15) is 0 Å². The van der Waals surface area contributed by atoms with E-state index in [-0.39, 0.29) is 0 Å². The van der Waals surface area contributed by atoms with Gasteiger partial charge in [-0.1, -0.05) is 30.3 Å². The van der Waals surface area contributed by atoms with Crippen LogP contribution in [0.2, 0.25) is 0 Å². The van der Waals surface area contributed by atoms with Crippen molar-refractivity contribution in [3.63, 3.8) is 0 Å². The zero-order chi connectivity index (χ0) is 8.97. The first-order valence-corrected chi connectivity index (χ1v) is 4.31. The van der Waals surface area contributed by atoms with Gasteiger partial charge in [-0.25, -0.2) is 0 Å². The lowest BCUT2D eigenvalue weighted by Crippen LogP contribution is -2.07. The van der Waals surface area contributed by atoms with E-state index >= 15 is 0 Å². The lowest BCUT2D eigenvalue weighted by atomic mass is 10.2. The summed E-state index contributed by atoms with van der Waals surface area (Å²) >= 11 is 0.960. The van der Waals surface area contributed by atoms with Gasteiger partial charge in [0, 0.05) is 5.56 Å². The molecule has 3 nitrogen and oxygen atoms in total. The molecule has 0 aromatic heterocycles. The van der Waals surface area contributed by atoms with Crippen molar-refractivity contribution in [1.82, 2.24) is 0 Å². The molecule has 0 saturated carbocycles. The van der Waals surface area contributed by atoms with E-state index in [0.717, 1.165) is 17.5 Å². The van der Waals surface area contributed by atoms with Gasteiger partial charge < -0.3 is 11.5 Å². The summed E-state index contributed by atoms with van der Waals surface area (Å²) in [6.07, 6.45) is 0. The molecule has 1 aromatic rings. The monoisotopic (exact) mass is 181 g/mol. The summed E-state index contributed by atoms with van der Waals surface area (Å²) < 4.78 is 0. The van der Waals surface area contributed by atoms with Crippen molar-refractivity contribution in [2.45, 2.75) is 0 Å². The topological polar surface area (TPSA) is 78.1 Å². The second-order valence-corrected chi connectivity index (χ2v) is 2.94. The van der Waals surface area contributed by atoms with E-state index in [0.29, 0.717) is 10.7 Å². The van der Waals surface area contributed by atoms with Gasteiger partial charge in [-0.15, -0.1) is 0 Å². The summed E-state index contributed by atoms with van der Waals surface area (Å²) in [5.41, 5.74) is 12.7. The molecule has 1 aromatic carbocycles. The zero-order valence-corrected chi connectivity index (χ0v) is 7.34. The Kier molecular flexibility index (Phi) is 3.01. The minimum absolute atomic E-state index is 0.446. The maximum atomic E-state index is 5.70. The molecule has 0 spiro atoms. The molecule has 0 unspecified atom stereocenters. The summed E-state index contributed by atoms with van der Waals surface area (Å²) in [6, 6.07) is 9.49. The number of benzene rings is 1. The van der Waals surface area contributed by atoms with Crippen molar-refractivity contribution >= 4 is 17.6 Å². The van der Waals surface area contributed by atoms with Crippen molar-refractivity contribution < 1.29 is 0 Å². The Labute approximate surface area is 75.7 Å². The Bertz CT molecular complexity index is 282. The van der Waals surface area contributed by atoms with Crippen LogP contribution in [0.3, 0.4) is 0 Å². The quantitative estimate of drug-likeness (QED) is 0.591. The van der Waals surface area contributed by atoms with Gasteiger partial charge in [0.2, 0.25) is 0 Å². The van der Waals surface area contributed by atoms with Gasteiger partial charge in [-0.3, -0.25) is 5.14 Å². The molecule has 1 rings (SSSR count). The van der Waals surface area contributed by atoms with Gasteiger partial charge in [-0.05, 0) is 11.9 Å². The molecule has 0 amide bonds. The first kappa shape index (κ1) is 8.96. The van der Waals surface area contributed by atoms with Crippen LogP contribution in [0, 0.1) is 0 Å². The van der Waals surface area contributed by atoms with Gasteiger partial charge in [0.15, 0.2) is 0 Å². The van der Waals surface area contributed by atoms with Gasteiger partial charge >= 0.3 is 0 Å². The van der Waals surface area contributed by atoms with E-state index in [1.165, 1.54) is 0 Å². The molecule has 0 radical (unpaired) electrons. The Morgan fingerprint density at radius 3 is 2.17 bits per heavy atom. The van der Waals surface area contributed by atoms with Crippen LogP contribution in [0.15, 0.2) is 35.4 Å². The largest absolute Gasteiger partial charge is 0.396 e. The molecule has 64 valence electrons. The summed E-state index contributed by atoms with van der Waals surface area (Å²) in [4.78, 5) is 0. The fourth-order valence-electron chi connectivity index (χ4n) is 0.823. The Balaban J connectivity index is 3.00. The molecule has 4 heteroatoms. The van der Waals surface area contributed by atoms with Crippen LogP contribution >= 0.6 is 11.9 Å².